The van der Waals surface area contributed by atoms with E-state index in [0.717, 1.165) is 21.0 Å². The number of nitrogens with one attached hydrogen (secondary N) is 1. The number of carbonyl (C=O) groups is 1. The average Bonchev–Trinajstić information content (AvgIpc) is 3.23. The van der Waals surface area contributed by atoms with Crippen LogP contribution in [-0.2, 0) is 11.2 Å². The monoisotopic (exact) mass is 373 g/mol. The number of rotatable bonds is 6. The Morgan fingerprint density at radius 1 is 1.35 bits per heavy atom. The Morgan fingerprint density at radius 2 is 2.12 bits per heavy atom. The molecule has 0 saturated heterocycles. The molecule has 0 aliphatic carbocycles. The summed E-state index contributed by atoms with van der Waals surface area (Å²) in [7, 11) is 0. The van der Waals surface area contributed by atoms with E-state index in [4.69, 9.17) is 9.84 Å². The van der Waals surface area contributed by atoms with E-state index in [1.165, 1.54) is 13.0 Å². The number of thiazole rings is 1. The maximum Gasteiger partial charge on any atom is 0.344 e. The van der Waals surface area contributed by atoms with E-state index in [1.807, 2.05) is 13.8 Å². The van der Waals surface area contributed by atoms with Crippen LogP contribution in [0.25, 0.3) is 21.7 Å². The number of aromatic amines is 1. The van der Waals surface area contributed by atoms with Gasteiger partial charge < -0.3 is 14.9 Å². The molecule has 3 N–H and O–H groups in total. The molecule has 3 aromatic rings. The van der Waals surface area contributed by atoms with Crippen LogP contribution in [0.5, 0.6) is 11.5 Å². The van der Waals surface area contributed by atoms with Crippen LogP contribution >= 0.6 is 11.3 Å². The second kappa shape index (κ2) is 7.17. The van der Waals surface area contributed by atoms with Crippen molar-refractivity contribution in [1.82, 2.24) is 15.2 Å². The van der Waals surface area contributed by atoms with Gasteiger partial charge in [0, 0.05) is 23.4 Å². The number of phenols is 1. The molecule has 8 heteroatoms. The summed E-state index contributed by atoms with van der Waals surface area (Å²) in [4.78, 5) is 16.3. The number of hydrogen-bond acceptors (Lipinski definition) is 6. The number of aromatic hydroxyl groups is 1. The Hall–Kier alpha value is -2.87. The molecule has 2 heterocycles. The highest BCUT2D eigenvalue weighted by Gasteiger charge is 2.20. The van der Waals surface area contributed by atoms with E-state index < -0.39 is 12.1 Å². The molecule has 0 bridgehead atoms. The van der Waals surface area contributed by atoms with Gasteiger partial charge in [0.1, 0.15) is 11.5 Å². The van der Waals surface area contributed by atoms with Crippen molar-refractivity contribution < 1.29 is 19.7 Å². The lowest BCUT2D eigenvalue weighted by Crippen LogP contribution is -2.23. The third kappa shape index (κ3) is 3.41. The number of hydrogen-bond donors (Lipinski definition) is 3. The van der Waals surface area contributed by atoms with Gasteiger partial charge in [-0.1, -0.05) is 6.92 Å². The molecule has 0 saturated carbocycles. The number of carboxylic acid groups (broad SMARTS) is 1. The summed E-state index contributed by atoms with van der Waals surface area (Å²) in [6, 6.07) is 3.25. The third-order valence-electron chi connectivity index (χ3n) is 4.01. The van der Waals surface area contributed by atoms with Gasteiger partial charge >= 0.3 is 5.97 Å². The molecule has 1 unspecified atom stereocenters. The predicted octanol–water partition coefficient (Wildman–Crippen LogP) is 3.63. The molecule has 0 spiro atoms. The van der Waals surface area contributed by atoms with Gasteiger partial charge in [0.25, 0.3) is 0 Å². The molecule has 7 nitrogen and oxygen atoms in total. The fourth-order valence-corrected chi connectivity index (χ4v) is 3.40. The summed E-state index contributed by atoms with van der Waals surface area (Å²) < 4.78 is 5.48. The standard InChI is InChI=1S/C18H19N3O4S/c1-4-11-5-12(14(22)6-15(11)25-9(2)18(23)24)17-13(7-20-21-17)16-8-19-10(3)26-16/h5-9,22H,4H2,1-3H3,(H,20,21)(H,23,24). The van der Waals surface area contributed by atoms with Crippen molar-refractivity contribution in [3.63, 3.8) is 0 Å². The van der Waals surface area contributed by atoms with Crippen molar-refractivity contribution in [1.29, 1.82) is 0 Å². The maximum absolute atomic E-state index is 11.0. The zero-order valence-electron chi connectivity index (χ0n) is 14.6. The molecule has 1 atom stereocenters. The minimum absolute atomic E-state index is 0.0125. The van der Waals surface area contributed by atoms with Gasteiger partial charge in [-0.25, -0.2) is 9.78 Å². The van der Waals surface area contributed by atoms with Crippen molar-refractivity contribution in [2.24, 2.45) is 0 Å². The second-order valence-electron chi connectivity index (χ2n) is 5.83. The highest BCUT2D eigenvalue weighted by atomic mass is 32.1. The van der Waals surface area contributed by atoms with E-state index in [0.29, 0.717) is 23.4 Å². The van der Waals surface area contributed by atoms with Gasteiger partial charge in [-0.2, -0.15) is 5.10 Å². The largest absolute Gasteiger partial charge is 0.507 e. The second-order valence-corrected chi connectivity index (χ2v) is 7.07. The number of aryl methyl sites for hydroxylation is 2. The quantitative estimate of drug-likeness (QED) is 0.609. The number of H-pyrrole nitrogens is 1. The van der Waals surface area contributed by atoms with Crippen LogP contribution in [0.2, 0.25) is 0 Å². The van der Waals surface area contributed by atoms with E-state index in [1.54, 1.807) is 29.8 Å². The topological polar surface area (TPSA) is 108 Å². The van der Waals surface area contributed by atoms with Crippen LogP contribution in [0.1, 0.15) is 24.4 Å². The van der Waals surface area contributed by atoms with Crippen molar-refractivity contribution >= 4 is 17.3 Å². The lowest BCUT2D eigenvalue weighted by Gasteiger charge is -2.16. The molecule has 26 heavy (non-hydrogen) atoms. The number of aromatic nitrogens is 3. The summed E-state index contributed by atoms with van der Waals surface area (Å²) in [6.45, 7) is 5.32. The first-order chi connectivity index (χ1) is 12.4. The highest BCUT2D eigenvalue weighted by Crippen LogP contribution is 2.40. The minimum Gasteiger partial charge on any atom is -0.507 e. The molecule has 136 valence electrons. The normalized spacial score (nSPS) is 12.1. The fraction of sp³-hybridized carbons (Fsp3) is 0.278. The van der Waals surface area contributed by atoms with Crippen molar-refractivity contribution in [3.8, 4) is 33.2 Å². The smallest absolute Gasteiger partial charge is 0.344 e. The highest BCUT2D eigenvalue weighted by molar-refractivity contribution is 7.15. The van der Waals surface area contributed by atoms with Gasteiger partial charge in [-0.15, -0.1) is 11.3 Å². The molecule has 1 aromatic carbocycles. The van der Waals surface area contributed by atoms with Crippen molar-refractivity contribution in [2.45, 2.75) is 33.3 Å². The minimum atomic E-state index is -1.06. The molecule has 3 rings (SSSR count). The van der Waals surface area contributed by atoms with E-state index in [2.05, 4.69) is 15.2 Å². The van der Waals surface area contributed by atoms with Crippen LogP contribution in [0, 0.1) is 6.92 Å². The van der Waals surface area contributed by atoms with Gasteiger partial charge in [-0.3, -0.25) is 5.10 Å². The molecule has 0 fully saturated rings. The summed E-state index contributed by atoms with van der Waals surface area (Å²) >= 11 is 1.54. The number of carboxylic acids is 1. The SMILES string of the molecule is CCc1cc(-c2[nH]ncc2-c2cnc(C)s2)c(O)cc1OC(C)C(=O)O. The molecule has 0 aliphatic rings. The number of benzene rings is 1. The molecule has 0 aliphatic heterocycles. The van der Waals surface area contributed by atoms with Gasteiger partial charge in [0.15, 0.2) is 6.10 Å². The molecular weight excluding hydrogens is 354 g/mol. The zero-order valence-corrected chi connectivity index (χ0v) is 15.4. The summed E-state index contributed by atoms with van der Waals surface area (Å²) in [6.07, 6.45) is 3.09. The molecule has 2 aromatic heterocycles. The summed E-state index contributed by atoms with van der Waals surface area (Å²) in [5.41, 5.74) is 2.90. The molecule has 0 radical (unpaired) electrons. The number of nitrogens with zero attached hydrogens (tertiary/aromatic N) is 2. The van der Waals surface area contributed by atoms with Gasteiger partial charge in [0.2, 0.25) is 0 Å². The Labute approximate surface area is 154 Å². The summed E-state index contributed by atoms with van der Waals surface area (Å²) in [5.74, 6) is -0.716. The van der Waals surface area contributed by atoms with Crippen LogP contribution in [0.15, 0.2) is 24.5 Å². The van der Waals surface area contributed by atoms with Crippen LogP contribution in [-0.4, -0.2) is 37.5 Å². The molecule has 0 amide bonds. The van der Waals surface area contributed by atoms with Gasteiger partial charge in [0.05, 0.1) is 21.8 Å². The Bertz CT molecular complexity index is 948. The average molecular weight is 373 g/mol. The van der Waals surface area contributed by atoms with Crippen molar-refractivity contribution in [3.05, 3.63) is 35.1 Å². The maximum atomic E-state index is 11.0. The van der Waals surface area contributed by atoms with Crippen LogP contribution < -0.4 is 4.74 Å². The lowest BCUT2D eigenvalue weighted by atomic mass is 10.0. The summed E-state index contributed by atoms with van der Waals surface area (Å²) in [5, 5.41) is 27.5. The first kappa shape index (κ1) is 17.9. The van der Waals surface area contributed by atoms with Crippen LogP contribution in [0.4, 0.5) is 0 Å². The number of aliphatic carboxylic acids is 1. The first-order valence-corrected chi connectivity index (χ1v) is 8.94. The Kier molecular flexibility index (Phi) is 4.94. The first-order valence-electron chi connectivity index (χ1n) is 8.12. The zero-order chi connectivity index (χ0) is 18.8. The predicted molar refractivity (Wildman–Crippen MR) is 98.6 cm³/mol. The number of ether oxygens (including phenoxy) is 1. The van der Waals surface area contributed by atoms with E-state index in [-0.39, 0.29) is 5.75 Å². The fourth-order valence-electron chi connectivity index (χ4n) is 2.61. The Balaban J connectivity index is 2.05. The third-order valence-corrected chi connectivity index (χ3v) is 4.95. The molecular formula is C18H19N3O4S. The number of phenolic OH excluding ortho intramolecular Hbond substituents is 1. The van der Waals surface area contributed by atoms with E-state index >= 15 is 0 Å². The van der Waals surface area contributed by atoms with Crippen LogP contribution in [0.3, 0.4) is 0 Å². The lowest BCUT2D eigenvalue weighted by molar-refractivity contribution is -0.144. The van der Waals surface area contributed by atoms with E-state index in [9.17, 15) is 9.90 Å². The van der Waals surface area contributed by atoms with Crippen molar-refractivity contribution in [2.75, 3.05) is 0 Å². The Morgan fingerprint density at radius 3 is 2.73 bits per heavy atom. The van der Waals surface area contributed by atoms with Gasteiger partial charge in [-0.05, 0) is 31.9 Å².